The molecule has 25 heavy (non-hydrogen) atoms. The number of amides is 1. The lowest BCUT2D eigenvalue weighted by molar-refractivity contribution is 0.0992. The first kappa shape index (κ1) is 18.0. The van der Waals surface area contributed by atoms with E-state index in [4.69, 9.17) is 11.0 Å². The van der Waals surface area contributed by atoms with Gasteiger partial charge in [-0.1, -0.05) is 13.3 Å². The molecule has 2 aromatic rings. The number of nitriles is 1. The molecule has 1 aromatic carbocycles. The van der Waals surface area contributed by atoms with Crippen molar-refractivity contribution in [2.45, 2.75) is 26.3 Å². The Kier molecular flexibility index (Phi) is 5.39. The molecule has 0 saturated heterocycles. The molecular weight excluding hydrogens is 322 g/mol. The van der Waals surface area contributed by atoms with Crippen LogP contribution in [0.3, 0.4) is 0 Å². The molecule has 2 rings (SSSR count). The number of nitrogens with zero attached hydrogens (tertiary/aromatic N) is 3. The van der Waals surface area contributed by atoms with Gasteiger partial charge >= 0.3 is 5.69 Å². The highest BCUT2D eigenvalue weighted by molar-refractivity contribution is 6.06. The molecule has 0 spiro atoms. The number of anilines is 2. The van der Waals surface area contributed by atoms with Crippen LogP contribution in [-0.2, 0) is 6.54 Å². The Bertz CT molecular complexity index is 935. The van der Waals surface area contributed by atoms with E-state index in [0.29, 0.717) is 24.1 Å². The largest absolute Gasteiger partial charge is 0.383 e. The van der Waals surface area contributed by atoms with Crippen molar-refractivity contribution < 1.29 is 4.79 Å². The third-order valence-electron chi connectivity index (χ3n) is 3.85. The fraction of sp³-hybridized carbons (Fsp3) is 0.294. The second-order valence-electron chi connectivity index (χ2n) is 5.55. The van der Waals surface area contributed by atoms with Gasteiger partial charge in [0.2, 0.25) is 0 Å². The molecule has 0 aliphatic rings. The van der Waals surface area contributed by atoms with Crippen LogP contribution in [0.5, 0.6) is 0 Å². The summed E-state index contributed by atoms with van der Waals surface area (Å²) in [5, 5.41) is 8.81. The van der Waals surface area contributed by atoms with Crippen LogP contribution >= 0.6 is 0 Å². The van der Waals surface area contributed by atoms with Crippen LogP contribution in [0.2, 0.25) is 0 Å². The maximum Gasteiger partial charge on any atom is 0.330 e. The third kappa shape index (κ3) is 3.61. The van der Waals surface area contributed by atoms with Crippen molar-refractivity contribution in [3.63, 3.8) is 0 Å². The summed E-state index contributed by atoms with van der Waals surface area (Å²) in [6.07, 6.45) is 1.56. The van der Waals surface area contributed by atoms with Gasteiger partial charge in [0.1, 0.15) is 5.82 Å². The van der Waals surface area contributed by atoms with E-state index in [1.807, 2.05) is 13.0 Å². The van der Waals surface area contributed by atoms with E-state index in [1.165, 1.54) is 35.9 Å². The van der Waals surface area contributed by atoms with Gasteiger partial charge in [-0.15, -0.1) is 0 Å². The van der Waals surface area contributed by atoms with Crippen LogP contribution < -0.4 is 21.9 Å². The smallest absolute Gasteiger partial charge is 0.330 e. The molecule has 8 nitrogen and oxygen atoms in total. The van der Waals surface area contributed by atoms with E-state index in [1.54, 1.807) is 0 Å². The summed E-state index contributed by atoms with van der Waals surface area (Å²) in [5.74, 6) is -0.519. The van der Waals surface area contributed by atoms with Gasteiger partial charge in [-0.25, -0.2) is 4.79 Å². The lowest BCUT2D eigenvalue weighted by Crippen LogP contribution is -2.39. The zero-order valence-electron chi connectivity index (χ0n) is 14.1. The topological polar surface area (TPSA) is 125 Å². The first-order chi connectivity index (χ1) is 11.9. The van der Waals surface area contributed by atoms with Crippen molar-refractivity contribution in [2.24, 2.45) is 0 Å². The Morgan fingerprint density at radius 1 is 1.32 bits per heavy atom. The fourth-order valence-corrected chi connectivity index (χ4v) is 2.42. The quantitative estimate of drug-likeness (QED) is 0.841. The van der Waals surface area contributed by atoms with Crippen molar-refractivity contribution >= 4 is 17.4 Å². The molecule has 0 bridgehead atoms. The second-order valence-corrected chi connectivity index (χ2v) is 5.55. The summed E-state index contributed by atoms with van der Waals surface area (Å²) < 4.78 is 1.25. The first-order valence-electron chi connectivity index (χ1n) is 7.81. The van der Waals surface area contributed by atoms with Gasteiger partial charge in [-0.3, -0.25) is 19.1 Å². The minimum atomic E-state index is -0.722. The highest BCUT2D eigenvalue weighted by Crippen LogP contribution is 2.18. The van der Waals surface area contributed by atoms with Crippen LogP contribution in [0.1, 0.15) is 35.7 Å². The Hall–Kier alpha value is -3.34. The number of nitrogens with one attached hydrogen (secondary N) is 1. The minimum absolute atomic E-state index is 0.0494. The monoisotopic (exact) mass is 341 g/mol. The number of benzene rings is 1. The molecule has 130 valence electrons. The molecule has 0 saturated carbocycles. The average Bonchev–Trinajstić information content (AvgIpc) is 2.60. The summed E-state index contributed by atoms with van der Waals surface area (Å²) in [6.45, 7) is 2.32. The zero-order chi connectivity index (χ0) is 18.6. The van der Waals surface area contributed by atoms with Crippen LogP contribution in [-0.4, -0.2) is 22.5 Å². The summed E-state index contributed by atoms with van der Waals surface area (Å²) >= 11 is 0. The van der Waals surface area contributed by atoms with Crippen molar-refractivity contribution in [1.82, 2.24) is 9.55 Å². The van der Waals surface area contributed by atoms with Gasteiger partial charge in [0.05, 0.1) is 11.6 Å². The minimum Gasteiger partial charge on any atom is -0.383 e. The lowest BCUT2D eigenvalue weighted by atomic mass is 10.1. The molecule has 1 aromatic heterocycles. The number of carbonyl (C=O) groups excluding carboxylic acids is 1. The van der Waals surface area contributed by atoms with E-state index >= 15 is 0 Å². The van der Waals surface area contributed by atoms with E-state index in [0.717, 1.165) is 11.3 Å². The number of aromatic amines is 1. The van der Waals surface area contributed by atoms with Gasteiger partial charge in [-0.2, -0.15) is 5.26 Å². The molecular formula is C17H19N5O3. The van der Waals surface area contributed by atoms with E-state index in [-0.39, 0.29) is 11.5 Å². The van der Waals surface area contributed by atoms with Gasteiger partial charge in [0, 0.05) is 19.2 Å². The molecule has 1 amide bonds. The van der Waals surface area contributed by atoms with E-state index < -0.39 is 17.2 Å². The number of hydrogen-bond donors (Lipinski definition) is 2. The average molecular weight is 341 g/mol. The highest BCUT2D eigenvalue weighted by atomic mass is 16.2. The molecule has 0 radical (unpaired) electrons. The number of H-pyrrole nitrogens is 1. The number of aromatic nitrogens is 2. The Labute approximate surface area is 144 Å². The standard InChI is InChI=1S/C17H19N5O3/c1-3-4-9-22-14(19)13(15(23)20-17(22)25)21(2)16(24)12-7-5-11(10-18)6-8-12/h5-8H,3-4,9,19H2,1-2H3,(H,20,23,25). The maximum absolute atomic E-state index is 12.6. The van der Waals surface area contributed by atoms with Crippen LogP contribution in [0.4, 0.5) is 11.5 Å². The zero-order valence-corrected chi connectivity index (χ0v) is 14.1. The van der Waals surface area contributed by atoms with E-state index in [2.05, 4.69) is 4.98 Å². The Balaban J connectivity index is 2.45. The molecule has 0 unspecified atom stereocenters. The summed E-state index contributed by atoms with van der Waals surface area (Å²) in [7, 11) is 1.41. The van der Waals surface area contributed by atoms with Crippen LogP contribution in [0, 0.1) is 11.3 Å². The van der Waals surface area contributed by atoms with Crippen LogP contribution in [0.15, 0.2) is 33.9 Å². The fourth-order valence-electron chi connectivity index (χ4n) is 2.42. The van der Waals surface area contributed by atoms with Gasteiger partial charge in [0.25, 0.3) is 11.5 Å². The molecule has 0 aliphatic carbocycles. The molecule has 0 aliphatic heterocycles. The number of rotatable bonds is 5. The Morgan fingerprint density at radius 3 is 2.52 bits per heavy atom. The molecule has 3 N–H and O–H groups in total. The molecule has 1 heterocycles. The molecule has 0 fully saturated rings. The number of carbonyl (C=O) groups is 1. The van der Waals surface area contributed by atoms with Crippen molar-refractivity contribution in [3.8, 4) is 6.07 Å². The van der Waals surface area contributed by atoms with Crippen molar-refractivity contribution in [1.29, 1.82) is 5.26 Å². The summed E-state index contributed by atoms with van der Waals surface area (Å²) in [5.41, 5.74) is 5.31. The maximum atomic E-state index is 12.6. The number of unbranched alkanes of at least 4 members (excludes halogenated alkanes) is 1. The second kappa shape index (κ2) is 7.49. The van der Waals surface area contributed by atoms with Gasteiger partial charge < -0.3 is 10.6 Å². The highest BCUT2D eigenvalue weighted by Gasteiger charge is 2.21. The van der Waals surface area contributed by atoms with E-state index in [9.17, 15) is 14.4 Å². The van der Waals surface area contributed by atoms with Crippen molar-refractivity contribution in [3.05, 3.63) is 56.2 Å². The Morgan fingerprint density at radius 2 is 1.96 bits per heavy atom. The third-order valence-corrected chi connectivity index (χ3v) is 3.85. The predicted octanol–water partition coefficient (Wildman–Crippen LogP) is 1.07. The number of hydrogen-bond acceptors (Lipinski definition) is 5. The van der Waals surface area contributed by atoms with Crippen LogP contribution in [0.25, 0.3) is 0 Å². The van der Waals surface area contributed by atoms with Crippen molar-refractivity contribution in [2.75, 3.05) is 17.7 Å². The lowest BCUT2D eigenvalue weighted by Gasteiger charge is -2.20. The van der Waals surface area contributed by atoms with Gasteiger partial charge in [-0.05, 0) is 30.7 Å². The molecule has 0 atom stereocenters. The number of nitrogen functional groups attached to an aromatic ring is 1. The van der Waals surface area contributed by atoms with Gasteiger partial charge in [0.15, 0.2) is 5.69 Å². The first-order valence-corrected chi connectivity index (χ1v) is 7.81. The molecule has 8 heteroatoms. The summed E-state index contributed by atoms with van der Waals surface area (Å²) in [6, 6.07) is 7.98. The normalized spacial score (nSPS) is 10.3. The number of nitrogens with two attached hydrogens (primary N) is 1. The summed E-state index contributed by atoms with van der Waals surface area (Å²) in [4.78, 5) is 40.0. The predicted molar refractivity (Wildman–Crippen MR) is 94.5 cm³/mol. The SMILES string of the molecule is CCCCn1c(N)c(N(C)C(=O)c2ccc(C#N)cc2)c(=O)[nH]c1=O.